The van der Waals surface area contributed by atoms with E-state index in [2.05, 4.69) is 20.7 Å². The first-order valence-electron chi connectivity index (χ1n) is 11.7. The number of nitrogens with one attached hydrogen (secondary N) is 2. The summed E-state index contributed by atoms with van der Waals surface area (Å²) in [7, 11) is 0. The number of anilines is 1. The zero-order valence-corrected chi connectivity index (χ0v) is 21.2. The maximum Gasteiger partial charge on any atom is 0.225 e. The molecule has 35 heavy (non-hydrogen) atoms. The van der Waals surface area contributed by atoms with Crippen LogP contribution in [-0.2, 0) is 4.79 Å². The summed E-state index contributed by atoms with van der Waals surface area (Å²) in [5, 5.41) is 10.9. The summed E-state index contributed by atoms with van der Waals surface area (Å²) >= 11 is 12.5. The Morgan fingerprint density at radius 2 is 2.06 bits per heavy atom. The predicted molar refractivity (Wildman–Crippen MR) is 136 cm³/mol. The van der Waals surface area contributed by atoms with E-state index in [1.54, 1.807) is 25.4 Å². The minimum absolute atomic E-state index is 0.103. The molecule has 0 bridgehead atoms. The van der Waals surface area contributed by atoms with Crippen LogP contribution in [0.4, 0.5) is 10.2 Å². The van der Waals surface area contributed by atoms with E-state index in [-0.39, 0.29) is 21.8 Å². The molecule has 0 unspecified atom stereocenters. The van der Waals surface area contributed by atoms with Gasteiger partial charge in [0.2, 0.25) is 5.91 Å². The molecule has 0 saturated carbocycles. The molecule has 0 aliphatic carbocycles. The predicted octanol–water partition coefficient (Wildman–Crippen LogP) is 6.19. The maximum absolute atomic E-state index is 14.1. The lowest BCUT2D eigenvalue weighted by molar-refractivity contribution is -0.116. The molecule has 1 aromatic carbocycles. The fourth-order valence-electron chi connectivity index (χ4n) is 4.13. The molecule has 2 aromatic heterocycles. The van der Waals surface area contributed by atoms with Crippen LogP contribution < -0.4 is 15.4 Å². The molecule has 3 aromatic rings. The molecule has 186 valence electrons. The summed E-state index contributed by atoms with van der Waals surface area (Å²) < 4.78 is 22.3. The molecule has 1 amide bonds. The summed E-state index contributed by atoms with van der Waals surface area (Å²) in [5.74, 6) is -0.167. The Labute approximate surface area is 214 Å². The molecule has 1 aliphatic heterocycles. The zero-order valence-electron chi connectivity index (χ0n) is 19.7. The molecule has 1 fully saturated rings. The lowest BCUT2D eigenvalue weighted by atomic mass is 10.1. The van der Waals surface area contributed by atoms with Gasteiger partial charge in [-0.05, 0) is 57.5 Å². The minimum atomic E-state index is -0.706. The first-order chi connectivity index (χ1) is 16.9. The van der Waals surface area contributed by atoms with Crippen LogP contribution in [0.3, 0.4) is 0 Å². The van der Waals surface area contributed by atoms with E-state index in [0.717, 1.165) is 37.1 Å². The van der Waals surface area contributed by atoms with E-state index in [0.29, 0.717) is 30.2 Å². The van der Waals surface area contributed by atoms with E-state index in [9.17, 15) is 9.18 Å². The second-order valence-corrected chi connectivity index (χ2v) is 9.36. The maximum atomic E-state index is 14.1. The van der Waals surface area contributed by atoms with Gasteiger partial charge in [0.1, 0.15) is 11.9 Å². The monoisotopic (exact) mass is 519 g/mol. The van der Waals surface area contributed by atoms with Crippen LogP contribution in [0.5, 0.6) is 5.75 Å². The third kappa shape index (κ3) is 5.94. The van der Waals surface area contributed by atoms with Crippen molar-refractivity contribution in [1.29, 1.82) is 0 Å². The molecular formula is C25H28Cl2FN5O2. The van der Waals surface area contributed by atoms with E-state index in [1.165, 1.54) is 12.1 Å². The second-order valence-electron chi connectivity index (χ2n) is 8.58. The van der Waals surface area contributed by atoms with Crippen LogP contribution in [0.1, 0.15) is 57.2 Å². The Hall–Kier alpha value is -2.68. The van der Waals surface area contributed by atoms with Gasteiger partial charge in [-0.2, -0.15) is 5.10 Å². The summed E-state index contributed by atoms with van der Waals surface area (Å²) in [5.41, 5.74) is 1.97. The van der Waals surface area contributed by atoms with E-state index in [4.69, 9.17) is 27.9 Å². The fourth-order valence-corrected chi connectivity index (χ4v) is 4.81. The average Bonchev–Trinajstić information content (AvgIpc) is 3.34. The van der Waals surface area contributed by atoms with Gasteiger partial charge in [0.15, 0.2) is 11.6 Å². The van der Waals surface area contributed by atoms with Crippen molar-refractivity contribution >= 4 is 34.9 Å². The Kier molecular flexibility index (Phi) is 8.26. The largest absolute Gasteiger partial charge is 0.482 e. The van der Waals surface area contributed by atoms with Crippen LogP contribution in [-0.4, -0.2) is 33.8 Å². The first-order valence-corrected chi connectivity index (χ1v) is 12.5. The van der Waals surface area contributed by atoms with Gasteiger partial charge < -0.3 is 15.4 Å². The number of halogens is 3. The number of carbonyl (C=O) groups is 1. The van der Waals surface area contributed by atoms with Gasteiger partial charge in [-0.15, -0.1) is 0 Å². The lowest BCUT2D eigenvalue weighted by Gasteiger charge is -2.22. The number of piperidine rings is 1. The highest BCUT2D eigenvalue weighted by Gasteiger charge is 2.22. The number of pyridine rings is 1. The summed E-state index contributed by atoms with van der Waals surface area (Å²) in [6.07, 6.45) is 7.83. The van der Waals surface area contributed by atoms with Crippen LogP contribution in [0.25, 0.3) is 11.1 Å². The Bertz CT molecular complexity index is 1200. The van der Waals surface area contributed by atoms with Crippen molar-refractivity contribution in [3.8, 4) is 16.9 Å². The highest BCUT2D eigenvalue weighted by atomic mass is 35.5. The molecule has 0 spiro atoms. The van der Waals surface area contributed by atoms with Gasteiger partial charge in [-0.1, -0.05) is 30.1 Å². The van der Waals surface area contributed by atoms with Gasteiger partial charge in [-0.25, -0.2) is 9.37 Å². The molecule has 7 nitrogen and oxygen atoms in total. The van der Waals surface area contributed by atoms with Crippen molar-refractivity contribution in [3.63, 3.8) is 0 Å². The van der Waals surface area contributed by atoms with Crippen LogP contribution in [0.15, 0.2) is 36.8 Å². The SMILES string of the molecule is CCCC(=O)Nc1ncc(-c2cnn(C3CCNCC3)c2)cc1O[C@H](C)c1c(Cl)ccc(F)c1Cl. The molecule has 1 saturated heterocycles. The number of ether oxygens (including phenoxy) is 1. The smallest absolute Gasteiger partial charge is 0.225 e. The highest BCUT2D eigenvalue weighted by molar-refractivity contribution is 6.36. The lowest BCUT2D eigenvalue weighted by Crippen LogP contribution is -2.29. The zero-order chi connectivity index (χ0) is 24.9. The normalized spacial score (nSPS) is 15.1. The van der Waals surface area contributed by atoms with Crippen molar-refractivity contribution in [2.24, 2.45) is 0 Å². The molecule has 1 atom stereocenters. The number of rotatable bonds is 8. The second kappa shape index (κ2) is 11.4. The molecule has 0 radical (unpaired) electrons. The summed E-state index contributed by atoms with van der Waals surface area (Å²) in [6.45, 7) is 5.57. The number of amides is 1. The van der Waals surface area contributed by atoms with E-state index >= 15 is 0 Å². The molecule has 1 aliphatic rings. The van der Waals surface area contributed by atoms with Crippen molar-refractivity contribution in [1.82, 2.24) is 20.1 Å². The van der Waals surface area contributed by atoms with Gasteiger partial charge in [0.05, 0.1) is 17.3 Å². The van der Waals surface area contributed by atoms with Gasteiger partial charge in [0.25, 0.3) is 0 Å². The van der Waals surface area contributed by atoms with Crippen molar-refractivity contribution in [2.75, 3.05) is 18.4 Å². The number of nitrogens with zero attached hydrogens (tertiary/aromatic N) is 3. The van der Waals surface area contributed by atoms with Gasteiger partial charge >= 0.3 is 0 Å². The summed E-state index contributed by atoms with van der Waals surface area (Å²) in [6, 6.07) is 4.78. The third-order valence-electron chi connectivity index (χ3n) is 5.99. The number of aromatic nitrogens is 3. The van der Waals surface area contributed by atoms with Gasteiger partial charge in [0, 0.05) is 40.5 Å². The summed E-state index contributed by atoms with van der Waals surface area (Å²) in [4.78, 5) is 16.8. The Balaban J connectivity index is 1.65. The van der Waals surface area contributed by atoms with Crippen molar-refractivity contribution in [2.45, 2.75) is 51.7 Å². The quantitative estimate of drug-likeness (QED) is 0.346. The van der Waals surface area contributed by atoms with Crippen LogP contribution in [0, 0.1) is 5.82 Å². The Morgan fingerprint density at radius 1 is 1.29 bits per heavy atom. The molecule has 10 heteroatoms. The first kappa shape index (κ1) is 25.4. The molecular weight excluding hydrogens is 492 g/mol. The Morgan fingerprint density at radius 3 is 2.80 bits per heavy atom. The van der Waals surface area contributed by atoms with Gasteiger partial charge in [-0.3, -0.25) is 9.48 Å². The van der Waals surface area contributed by atoms with Crippen molar-refractivity contribution in [3.05, 3.63) is 58.2 Å². The fraction of sp³-hybridized carbons (Fsp3) is 0.400. The number of carbonyl (C=O) groups excluding carboxylic acids is 1. The van der Waals surface area contributed by atoms with E-state index < -0.39 is 11.9 Å². The third-order valence-corrected chi connectivity index (χ3v) is 6.71. The number of benzene rings is 1. The average molecular weight is 520 g/mol. The highest BCUT2D eigenvalue weighted by Crippen LogP contribution is 2.38. The standard InChI is InChI=1S/C25H28Cl2FN5O2/c1-3-4-22(34)32-25-21(35-15(2)23-19(26)5-6-20(28)24(23)27)11-16(12-30-25)17-13-31-33(14-17)18-7-9-29-10-8-18/h5-6,11-15,18,29H,3-4,7-10H2,1-2H3,(H,30,32,34)/t15-/m1/s1. The molecule has 2 N–H and O–H groups in total. The molecule has 3 heterocycles. The number of hydrogen-bond acceptors (Lipinski definition) is 5. The minimum Gasteiger partial charge on any atom is -0.482 e. The van der Waals surface area contributed by atoms with Crippen molar-refractivity contribution < 1.29 is 13.9 Å². The number of hydrogen-bond donors (Lipinski definition) is 2. The molecule has 4 rings (SSSR count). The van der Waals surface area contributed by atoms with E-state index in [1.807, 2.05) is 17.8 Å². The van der Waals surface area contributed by atoms with Crippen LogP contribution >= 0.6 is 23.2 Å². The van der Waals surface area contributed by atoms with Crippen LogP contribution in [0.2, 0.25) is 10.0 Å². The topological polar surface area (TPSA) is 81.1 Å².